The number of hydrogen-bond acceptors (Lipinski definition) is 2. The van der Waals surface area contributed by atoms with Crippen LogP contribution in [-0.2, 0) is 6.42 Å². The second-order valence-corrected chi connectivity index (χ2v) is 3.78. The molecule has 0 saturated heterocycles. The van der Waals surface area contributed by atoms with Crippen LogP contribution in [0.25, 0.3) is 10.9 Å². The Morgan fingerprint density at radius 3 is 3.07 bits per heavy atom. The lowest BCUT2D eigenvalue weighted by Crippen LogP contribution is -2.10. The lowest BCUT2D eigenvalue weighted by atomic mass is 10.0. The van der Waals surface area contributed by atoms with Gasteiger partial charge in [-0.2, -0.15) is 0 Å². The van der Waals surface area contributed by atoms with Crippen molar-refractivity contribution in [2.45, 2.75) is 12.8 Å². The number of H-pyrrole nitrogens is 1. The van der Waals surface area contributed by atoms with Gasteiger partial charge in [0, 0.05) is 22.5 Å². The minimum Gasteiger partial charge on any atom is -0.493 e. The van der Waals surface area contributed by atoms with E-state index in [1.165, 1.54) is 5.56 Å². The van der Waals surface area contributed by atoms with Gasteiger partial charge in [0.2, 0.25) is 5.56 Å². The second kappa shape index (κ2) is 3.12. The SMILES string of the molecule is O=c1ccc2c3c(ccc2[nH]1)OCCC3. The molecule has 15 heavy (non-hydrogen) atoms. The van der Waals surface area contributed by atoms with E-state index in [9.17, 15) is 4.79 Å². The minimum atomic E-state index is -0.0563. The van der Waals surface area contributed by atoms with Gasteiger partial charge in [0.25, 0.3) is 0 Å². The van der Waals surface area contributed by atoms with E-state index in [1.807, 2.05) is 18.2 Å². The molecule has 1 aromatic carbocycles. The average molecular weight is 201 g/mol. The molecular formula is C12H11NO2. The zero-order valence-electron chi connectivity index (χ0n) is 8.25. The molecule has 1 aliphatic rings. The number of ether oxygens (including phenoxy) is 1. The van der Waals surface area contributed by atoms with Crippen molar-refractivity contribution in [2.24, 2.45) is 0 Å². The fourth-order valence-corrected chi connectivity index (χ4v) is 2.10. The molecule has 0 amide bonds. The molecule has 0 aliphatic carbocycles. The zero-order chi connectivity index (χ0) is 10.3. The molecule has 2 heterocycles. The molecule has 3 rings (SSSR count). The molecular weight excluding hydrogens is 190 g/mol. The molecule has 0 fully saturated rings. The molecule has 0 unspecified atom stereocenters. The number of nitrogens with one attached hydrogen (secondary N) is 1. The van der Waals surface area contributed by atoms with E-state index < -0.39 is 0 Å². The van der Waals surface area contributed by atoms with Crippen LogP contribution < -0.4 is 10.3 Å². The van der Waals surface area contributed by atoms with Crippen LogP contribution in [0.5, 0.6) is 5.75 Å². The predicted octanol–water partition coefficient (Wildman–Crippen LogP) is 1.85. The summed E-state index contributed by atoms with van der Waals surface area (Å²) in [5.41, 5.74) is 2.06. The van der Waals surface area contributed by atoms with Crippen molar-refractivity contribution in [1.82, 2.24) is 4.98 Å². The van der Waals surface area contributed by atoms with Crippen LogP contribution in [0.4, 0.5) is 0 Å². The standard InChI is InChI=1S/C12H11NO2/c14-12-6-3-8-9-2-1-7-15-11(9)5-4-10(8)13-12/h3-6H,1-2,7H2,(H,13,14). The Morgan fingerprint density at radius 1 is 1.20 bits per heavy atom. The van der Waals surface area contributed by atoms with E-state index >= 15 is 0 Å². The summed E-state index contributed by atoms with van der Waals surface area (Å²) in [5.74, 6) is 0.959. The quantitative estimate of drug-likeness (QED) is 0.706. The van der Waals surface area contributed by atoms with Gasteiger partial charge in [0.1, 0.15) is 5.75 Å². The maximum atomic E-state index is 11.2. The summed E-state index contributed by atoms with van der Waals surface area (Å²) < 4.78 is 5.57. The molecule has 0 atom stereocenters. The number of pyridine rings is 1. The molecule has 0 spiro atoms. The van der Waals surface area contributed by atoms with Crippen LogP contribution in [0, 0.1) is 0 Å². The smallest absolute Gasteiger partial charge is 0.248 e. The van der Waals surface area contributed by atoms with Crippen molar-refractivity contribution in [2.75, 3.05) is 6.61 Å². The van der Waals surface area contributed by atoms with Crippen LogP contribution in [0.15, 0.2) is 29.1 Å². The first kappa shape index (κ1) is 8.53. The van der Waals surface area contributed by atoms with Crippen molar-refractivity contribution in [3.05, 3.63) is 40.2 Å². The lowest BCUT2D eigenvalue weighted by Gasteiger charge is -2.18. The van der Waals surface area contributed by atoms with Gasteiger partial charge in [-0.05, 0) is 31.0 Å². The second-order valence-electron chi connectivity index (χ2n) is 3.78. The maximum absolute atomic E-state index is 11.2. The Morgan fingerprint density at radius 2 is 2.13 bits per heavy atom. The molecule has 0 saturated carbocycles. The Balaban J connectivity index is 2.36. The Kier molecular flexibility index (Phi) is 1.78. The van der Waals surface area contributed by atoms with Gasteiger partial charge in [-0.1, -0.05) is 0 Å². The van der Waals surface area contributed by atoms with Crippen molar-refractivity contribution in [3.8, 4) is 5.75 Å². The van der Waals surface area contributed by atoms with Gasteiger partial charge in [0.05, 0.1) is 6.61 Å². The number of hydrogen-bond donors (Lipinski definition) is 1. The van der Waals surface area contributed by atoms with E-state index in [0.29, 0.717) is 0 Å². The summed E-state index contributed by atoms with van der Waals surface area (Å²) in [5, 5.41) is 1.10. The number of aryl methyl sites for hydroxylation is 1. The van der Waals surface area contributed by atoms with Crippen LogP contribution in [-0.4, -0.2) is 11.6 Å². The number of benzene rings is 1. The highest BCUT2D eigenvalue weighted by Crippen LogP contribution is 2.30. The molecule has 2 aromatic rings. The number of aromatic nitrogens is 1. The fraction of sp³-hybridized carbons (Fsp3) is 0.250. The van der Waals surface area contributed by atoms with Gasteiger partial charge >= 0.3 is 0 Å². The molecule has 1 aliphatic heterocycles. The third-order valence-corrected chi connectivity index (χ3v) is 2.80. The van der Waals surface area contributed by atoms with Gasteiger partial charge in [-0.3, -0.25) is 4.79 Å². The maximum Gasteiger partial charge on any atom is 0.248 e. The lowest BCUT2D eigenvalue weighted by molar-refractivity contribution is 0.289. The summed E-state index contributed by atoms with van der Waals surface area (Å²) in [7, 11) is 0. The van der Waals surface area contributed by atoms with Gasteiger partial charge < -0.3 is 9.72 Å². The highest BCUT2D eigenvalue weighted by molar-refractivity contribution is 5.84. The minimum absolute atomic E-state index is 0.0563. The molecule has 76 valence electrons. The molecule has 1 aromatic heterocycles. The molecule has 0 bridgehead atoms. The normalized spacial score (nSPS) is 14.7. The molecule has 3 nitrogen and oxygen atoms in total. The molecule has 0 radical (unpaired) electrons. The van der Waals surface area contributed by atoms with Gasteiger partial charge in [0.15, 0.2) is 0 Å². The highest BCUT2D eigenvalue weighted by atomic mass is 16.5. The first-order valence-corrected chi connectivity index (χ1v) is 5.12. The highest BCUT2D eigenvalue weighted by Gasteiger charge is 2.13. The summed E-state index contributed by atoms with van der Waals surface area (Å²) in [6, 6.07) is 7.28. The van der Waals surface area contributed by atoms with E-state index in [4.69, 9.17) is 4.74 Å². The summed E-state index contributed by atoms with van der Waals surface area (Å²) in [6.07, 6.45) is 2.07. The zero-order valence-corrected chi connectivity index (χ0v) is 8.25. The molecule has 3 heteroatoms. The van der Waals surface area contributed by atoms with E-state index in [-0.39, 0.29) is 5.56 Å². The van der Waals surface area contributed by atoms with Crippen LogP contribution >= 0.6 is 0 Å². The van der Waals surface area contributed by atoms with Gasteiger partial charge in [-0.25, -0.2) is 0 Å². The summed E-state index contributed by atoms with van der Waals surface area (Å²) in [4.78, 5) is 14.0. The summed E-state index contributed by atoms with van der Waals surface area (Å²) in [6.45, 7) is 0.794. The van der Waals surface area contributed by atoms with Crippen LogP contribution in [0.1, 0.15) is 12.0 Å². The van der Waals surface area contributed by atoms with Crippen LogP contribution in [0.2, 0.25) is 0 Å². The average Bonchev–Trinajstić information content (AvgIpc) is 2.28. The van der Waals surface area contributed by atoms with Crippen LogP contribution in [0.3, 0.4) is 0 Å². The topological polar surface area (TPSA) is 42.1 Å². The largest absolute Gasteiger partial charge is 0.493 e. The Bertz CT molecular complexity index is 571. The predicted molar refractivity (Wildman–Crippen MR) is 58.4 cm³/mol. The third-order valence-electron chi connectivity index (χ3n) is 2.80. The van der Waals surface area contributed by atoms with Gasteiger partial charge in [-0.15, -0.1) is 0 Å². The van der Waals surface area contributed by atoms with E-state index in [2.05, 4.69) is 4.98 Å². The van der Waals surface area contributed by atoms with Crippen molar-refractivity contribution < 1.29 is 4.74 Å². The first-order valence-electron chi connectivity index (χ1n) is 5.12. The summed E-state index contributed by atoms with van der Waals surface area (Å²) >= 11 is 0. The Labute approximate surface area is 86.7 Å². The van der Waals surface area contributed by atoms with E-state index in [1.54, 1.807) is 6.07 Å². The first-order chi connectivity index (χ1) is 7.34. The number of rotatable bonds is 0. The number of fused-ring (bicyclic) bond motifs is 3. The number of aromatic amines is 1. The monoisotopic (exact) mass is 201 g/mol. The molecule has 1 N–H and O–H groups in total. The van der Waals surface area contributed by atoms with E-state index in [0.717, 1.165) is 36.1 Å². The van der Waals surface area contributed by atoms with Crippen molar-refractivity contribution >= 4 is 10.9 Å². The Hall–Kier alpha value is -1.77. The van der Waals surface area contributed by atoms with Crippen molar-refractivity contribution in [3.63, 3.8) is 0 Å². The van der Waals surface area contributed by atoms with Crippen molar-refractivity contribution in [1.29, 1.82) is 0 Å². The fourth-order valence-electron chi connectivity index (χ4n) is 2.10. The third kappa shape index (κ3) is 1.31.